The monoisotopic (exact) mass is 559 g/mol. The van der Waals surface area contributed by atoms with Crippen molar-refractivity contribution in [1.29, 1.82) is 0 Å². The molecule has 2 fully saturated rings. The van der Waals surface area contributed by atoms with Gasteiger partial charge in [-0.3, -0.25) is 0 Å². The van der Waals surface area contributed by atoms with Crippen LogP contribution in [0.15, 0.2) is 30.3 Å². The van der Waals surface area contributed by atoms with Crippen molar-refractivity contribution >= 4 is 12.0 Å². The molecule has 39 heavy (non-hydrogen) atoms. The lowest BCUT2D eigenvalue weighted by molar-refractivity contribution is -0.192. The molecule has 3 rings (SSSR count). The third-order valence-electron chi connectivity index (χ3n) is 7.29. The van der Waals surface area contributed by atoms with Crippen LogP contribution in [-0.2, 0) is 14.3 Å². The summed E-state index contributed by atoms with van der Waals surface area (Å²) >= 11 is 0. The number of carbonyl (C=O) groups is 2. The fourth-order valence-corrected chi connectivity index (χ4v) is 5.31. The van der Waals surface area contributed by atoms with Crippen LogP contribution in [0.3, 0.4) is 0 Å². The normalized spacial score (nSPS) is 19.9. The number of benzene rings is 1. The van der Waals surface area contributed by atoms with Gasteiger partial charge in [-0.2, -0.15) is 13.2 Å². The quantitative estimate of drug-likeness (QED) is 0.324. The first-order chi connectivity index (χ1) is 18.7. The number of hydrogen-bond acceptors (Lipinski definition) is 5. The molecule has 1 aliphatic heterocycles. The van der Waals surface area contributed by atoms with Crippen molar-refractivity contribution in [3.05, 3.63) is 35.9 Å². The Morgan fingerprint density at radius 3 is 2.36 bits per heavy atom. The Hall–Kier alpha value is -2.37. The van der Waals surface area contributed by atoms with Gasteiger partial charge in [-0.1, -0.05) is 62.4 Å². The molecule has 11 heteroatoms. The number of ether oxygens (including phenoxy) is 2. The number of alkyl halides is 3. The van der Waals surface area contributed by atoms with Crippen LogP contribution < -0.4 is 11.1 Å². The topological polar surface area (TPSA) is 114 Å². The number of likely N-dealkylation sites (tertiary alicyclic amines) is 1. The van der Waals surface area contributed by atoms with Gasteiger partial charge in [-0.05, 0) is 37.2 Å². The fraction of sp³-hybridized carbons (Fsp3) is 0.714. The van der Waals surface area contributed by atoms with Gasteiger partial charge < -0.3 is 30.5 Å². The molecule has 0 aromatic heterocycles. The maximum absolute atomic E-state index is 13.1. The van der Waals surface area contributed by atoms with Gasteiger partial charge in [-0.25, -0.2) is 9.59 Å². The minimum Gasteiger partial charge on any atom is -0.475 e. The SMILES string of the molecule is COCCCO[C@@H](c1ccccc1)[C@@H]1CCCN(C(=O)N[C@H](CN)CC2CCCCC2)C1.O=C(O)C(F)(F)F. The molecule has 4 N–H and O–H groups in total. The number of piperidine rings is 1. The second kappa shape index (κ2) is 17.3. The number of hydrogen-bond donors (Lipinski definition) is 3. The van der Waals surface area contributed by atoms with Gasteiger partial charge in [0.2, 0.25) is 0 Å². The third kappa shape index (κ3) is 12.1. The van der Waals surface area contributed by atoms with E-state index in [1.54, 1.807) is 7.11 Å². The summed E-state index contributed by atoms with van der Waals surface area (Å²) in [5.41, 5.74) is 7.22. The highest BCUT2D eigenvalue weighted by Gasteiger charge is 2.38. The van der Waals surface area contributed by atoms with Crippen LogP contribution in [0.5, 0.6) is 0 Å². The molecule has 0 unspecified atom stereocenters. The Morgan fingerprint density at radius 2 is 1.77 bits per heavy atom. The first-order valence-electron chi connectivity index (χ1n) is 13.9. The lowest BCUT2D eigenvalue weighted by Crippen LogP contribution is -2.51. The second-order valence-corrected chi connectivity index (χ2v) is 10.3. The molecule has 2 amide bonds. The van der Waals surface area contributed by atoms with E-state index in [4.69, 9.17) is 25.1 Å². The highest BCUT2D eigenvalue weighted by atomic mass is 19.4. The zero-order chi connectivity index (χ0) is 28.7. The summed E-state index contributed by atoms with van der Waals surface area (Å²) in [6, 6.07) is 10.5. The number of halogens is 3. The number of nitrogens with zero attached hydrogens (tertiary/aromatic N) is 1. The molecule has 8 nitrogen and oxygen atoms in total. The smallest absolute Gasteiger partial charge is 0.475 e. The molecule has 1 aliphatic carbocycles. The molecule has 1 saturated carbocycles. The van der Waals surface area contributed by atoms with Crippen LogP contribution in [-0.4, -0.2) is 74.2 Å². The number of carboxylic acid groups (broad SMARTS) is 1. The number of amides is 2. The molecular formula is C28H44F3N3O5. The van der Waals surface area contributed by atoms with Crippen LogP contribution in [0.2, 0.25) is 0 Å². The van der Waals surface area contributed by atoms with Crippen molar-refractivity contribution in [2.45, 2.75) is 76.1 Å². The summed E-state index contributed by atoms with van der Waals surface area (Å²) in [6.07, 6.45) is 5.39. The van der Waals surface area contributed by atoms with E-state index in [2.05, 4.69) is 29.6 Å². The van der Waals surface area contributed by atoms with Crippen molar-refractivity contribution in [3.63, 3.8) is 0 Å². The largest absolute Gasteiger partial charge is 0.490 e. The third-order valence-corrected chi connectivity index (χ3v) is 7.29. The van der Waals surface area contributed by atoms with Crippen molar-refractivity contribution in [1.82, 2.24) is 10.2 Å². The van der Waals surface area contributed by atoms with Crippen LogP contribution in [0.1, 0.15) is 69.5 Å². The molecule has 1 saturated heterocycles. The fourth-order valence-electron chi connectivity index (χ4n) is 5.31. The van der Waals surface area contributed by atoms with E-state index >= 15 is 0 Å². The van der Waals surface area contributed by atoms with Gasteiger partial charge >= 0.3 is 18.2 Å². The molecule has 2 aliphatic rings. The molecular weight excluding hydrogens is 515 g/mol. The van der Waals surface area contributed by atoms with E-state index in [1.165, 1.54) is 37.7 Å². The molecule has 3 atom stereocenters. The maximum atomic E-state index is 13.1. The van der Waals surface area contributed by atoms with Crippen LogP contribution >= 0.6 is 0 Å². The second-order valence-electron chi connectivity index (χ2n) is 10.3. The van der Waals surface area contributed by atoms with Crippen LogP contribution in [0.4, 0.5) is 18.0 Å². The van der Waals surface area contributed by atoms with Gasteiger partial charge in [0.15, 0.2) is 0 Å². The number of urea groups is 1. The average molecular weight is 560 g/mol. The van der Waals surface area contributed by atoms with Gasteiger partial charge in [0, 0.05) is 51.9 Å². The summed E-state index contributed by atoms with van der Waals surface area (Å²) < 4.78 is 43.3. The van der Waals surface area contributed by atoms with Crippen molar-refractivity contribution in [3.8, 4) is 0 Å². The predicted molar refractivity (Wildman–Crippen MR) is 142 cm³/mol. The van der Waals surface area contributed by atoms with E-state index in [1.807, 2.05) is 11.0 Å². The molecule has 0 spiro atoms. The molecule has 1 heterocycles. The molecule has 1 aromatic rings. The van der Waals surface area contributed by atoms with E-state index in [-0.39, 0.29) is 24.1 Å². The van der Waals surface area contributed by atoms with Crippen molar-refractivity contribution < 1.29 is 37.3 Å². The van der Waals surface area contributed by atoms with E-state index in [0.29, 0.717) is 25.7 Å². The van der Waals surface area contributed by atoms with E-state index < -0.39 is 12.1 Å². The van der Waals surface area contributed by atoms with Gasteiger partial charge in [0.1, 0.15) is 0 Å². The Kier molecular flexibility index (Phi) is 14.6. The lowest BCUT2D eigenvalue weighted by Gasteiger charge is -2.38. The maximum Gasteiger partial charge on any atom is 0.490 e. The van der Waals surface area contributed by atoms with Crippen molar-refractivity contribution in [2.24, 2.45) is 17.6 Å². The Balaban J connectivity index is 0.000000673. The Morgan fingerprint density at radius 1 is 1.10 bits per heavy atom. The number of methoxy groups -OCH3 is 1. The summed E-state index contributed by atoms with van der Waals surface area (Å²) in [7, 11) is 1.72. The first kappa shape index (κ1) is 32.8. The first-order valence-corrected chi connectivity index (χ1v) is 13.9. The lowest BCUT2D eigenvalue weighted by atomic mass is 9.85. The Labute approximate surface area is 229 Å². The van der Waals surface area contributed by atoms with E-state index in [9.17, 15) is 18.0 Å². The molecule has 1 aromatic carbocycles. The number of aliphatic carboxylic acids is 1. The van der Waals surface area contributed by atoms with Gasteiger partial charge in [-0.15, -0.1) is 0 Å². The average Bonchev–Trinajstić information content (AvgIpc) is 2.93. The number of rotatable bonds is 11. The molecule has 0 bridgehead atoms. The summed E-state index contributed by atoms with van der Waals surface area (Å²) in [4.78, 5) is 24.0. The predicted octanol–water partition coefficient (Wildman–Crippen LogP) is 5.13. The van der Waals surface area contributed by atoms with Gasteiger partial charge in [0.25, 0.3) is 0 Å². The van der Waals surface area contributed by atoms with Crippen molar-refractivity contribution in [2.75, 3.05) is 40.0 Å². The number of carboxylic acids is 1. The molecule has 0 radical (unpaired) electrons. The minimum atomic E-state index is -5.08. The number of nitrogens with two attached hydrogens (primary N) is 1. The van der Waals surface area contributed by atoms with Crippen LogP contribution in [0.25, 0.3) is 0 Å². The summed E-state index contributed by atoms with van der Waals surface area (Å²) in [5, 5.41) is 10.4. The summed E-state index contributed by atoms with van der Waals surface area (Å²) in [5.74, 6) is -1.77. The van der Waals surface area contributed by atoms with Gasteiger partial charge in [0.05, 0.1) is 6.10 Å². The highest BCUT2D eigenvalue weighted by molar-refractivity contribution is 5.74. The Bertz CT molecular complexity index is 837. The standard InChI is InChI=1S/C26H43N3O3.C2HF3O2/c1-31-16-9-17-32-25(22-12-6-3-7-13-22)23-14-8-15-29(20-23)26(30)28-24(19-27)18-21-10-4-2-5-11-21;3-2(4,5)1(6)7/h3,6-7,12-13,21,23-25H,2,4-5,8-11,14-20,27H2,1H3,(H,28,30);(H,6,7)/t23-,24+,25+;/m1./s1. The van der Waals surface area contributed by atoms with E-state index in [0.717, 1.165) is 38.8 Å². The zero-order valence-electron chi connectivity index (χ0n) is 22.8. The van der Waals surface area contributed by atoms with Crippen LogP contribution in [0, 0.1) is 11.8 Å². The molecule has 222 valence electrons. The zero-order valence-corrected chi connectivity index (χ0v) is 22.8. The number of nitrogens with one attached hydrogen (secondary N) is 1. The number of carbonyl (C=O) groups excluding carboxylic acids is 1. The highest BCUT2D eigenvalue weighted by Crippen LogP contribution is 2.33. The summed E-state index contributed by atoms with van der Waals surface area (Å²) in [6.45, 7) is 3.38. The minimum absolute atomic E-state index is 0.00352.